The topological polar surface area (TPSA) is 71.2 Å². The zero-order valence-corrected chi connectivity index (χ0v) is 13.0. The highest BCUT2D eigenvalue weighted by Gasteiger charge is 2.18. The molecule has 112 valence electrons. The molecular weight excluding hydrogens is 284 g/mol. The SMILES string of the molecule is CCN(Cc1cccs1)c1nc(N)nc(N2CCCC2)n1. The Balaban J connectivity index is 1.85. The molecule has 1 aliphatic rings. The molecule has 3 rings (SSSR count). The van der Waals surface area contributed by atoms with Gasteiger partial charge in [0.05, 0.1) is 6.54 Å². The Morgan fingerprint density at radius 1 is 1.29 bits per heavy atom. The van der Waals surface area contributed by atoms with Crippen LogP contribution in [-0.2, 0) is 6.54 Å². The predicted molar refractivity (Wildman–Crippen MR) is 86.7 cm³/mol. The summed E-state index contributed by atoms with van der Waals surface area (Å²) in [6.07, 6.45) is 2.38. The Hall–Kier alpha value is -1.89. The van der Waals surface area contributed by atoms with Crippen molar-refractivity contribution >= 4 is 29.2 Å². The second-order valence-corrected chi connectivity index (χ2v) is 6.11. The summed E-state index contributed by atoms with van der Waals surface area (Å²) >= 11 is 1.74. The molecule has 0 aromatic carbocycles. The zero-order chi connectivity index (χ0) is 14.7. The molecule has 3 heterocycles. The molecule has 0 unspecified atom stereocenters. The maximum atomic E-state index is 5.88. The fourth-order valence-corrected chi connectivity index (χ4v) is 3.20. The Bertz CT molecular complexity index is 579. The van der Waals surface area contributed by atoms with Crippen LogP contribution in [0.5, 0.6) is 0 Å². The van der Waals surface area contributed by atoms with E-state index in [0.717, 1.165) is 26.2 Å². The van der Waals surface area contributed by atoms with Gasteiger partial charge in [0.25, 0.3) is 0 Å². The van der Waals surface area contributed by atoms with Gasteiger partial charge in [-0.05, 0) is 31.2 Å². The highest BCUT2D eigenvalue weighted by atomic mass is 32.1. The van der Waals surface area contributed by atoms with E-state index < -0.39 is 0 Å². The van der Waals surface area contributed by atoms with Crippen molar-refractivity contribution in [3.8, 4) is 0 Å². The molecule has 0 saturated carbocycles. The molecule has 1 fully saturated rings. The van der Waals surface area contributed by atoms with Crippen LogP contribution in [0.25, 0.3) is 0 Å². The average Bonchev–Trinajstić information content (AvgIpc) is 3.17. The van der Waals surface area contributed by atoms with Gasteiger partial charge in [-0.15, -0.1) is 11.3 Å². The highest BCUT2D eigenvalue weighted by Crippen LogP contribution is 2.21. The summed E-state index contributed by atoms with van der Waals surface area (Å²) in [5.41, 5.74) is 5.88. The molecule has 1 aliphatic heterocycles. The van der Waals surface area contributed by atoms with E-state index >= 15 is 0 Å². The van der Waals surface area contributed by atoms with Gasteiger partial charge in [-0.2, -0.15) is 15.0 Å². The molecule has 0 bridgehead atoms. The highest BCUT2D eigenvalue weighted by molar-refractivity contribution is 7.09. The van der Waals surface area contributed by atoms with E-state index in [0.29, 0.717) is 17.8 Å². The van der Waals surface area contributed by atoms with Gasteiger partial charge in [-0.1, -0.05) is 6.07 Å². The Morgan fingerprint density at radius 2 is 2.10 bits per heavy atom. The molecule has 0 atom stereocenters. The van der Waals surface area contributed by atoms with E-state index in [1.54, 1.807) is 11.3 Å². The van der Waals surface area contributed by atoms with Crippen LogP contribution in [0, 0.1) is 0 Å². The number of nitrogens with two attached hydrogens (primary N) is 1. The van der Waals surface area contributed by atoms with E-state index in [1.807, 2.05) is 0 Å². The lowest BCUT2D eigenvalue weighted by Gasteiger charge is -2.22. The maximum Gasteiger partial charge on any atom is 0.232 e. The number of aromatic nitrogens is 3. The van der Waals surface area contributed by atoms with Crippen LogP contribution in [0.4, 0.5) is 17.8 Å². The van der Waals surface area contributed by atoms with Crippen LogP contribution < -0.4 is 15.5 Å². The Kier molecular flexibility index (Phi) is 4.19. The van der Waals surface area contributed by atoms with E-state index in [-0.39, 0.29) is 0 Å². The molecule has 0 radical (unpaired) electrons. The van der Waals surface area contributed by atoms with Crippen molar-refractivity contribution in [1.29, 1.82) is 0 Å². The van der Waals surface area contributed by atoms with Crippen LogP contribution in [-0.4, -0.2) is 34.6 Å². The van der Waals surface area contributed by atoms with E-state index in [9.17, 15) is 0 Å². The Morgan fingerprint density at radius 3 is 2.76 bits per heavy atom. The molecule has 7 heteroatoms. The first-order valence-electron chi connectivity index (χ1n) is 7.30. The van der Waals surface area contributed by atoms with Crippen molar-refractivity contribution in [2.45, 2.75) is 26.3 Å². The third-order valence-corrected chi connectivity index (χ3v) is 4.47. The smallest absolute Gasteiger partial charge is 0.232 e. The number of rotatable bonds is 5. The molecular formula is C14H20N6S. The van der Waals surface area contributed by atoms with Crippen molar-refractivity contribution in [3.63, 3.8) is 0 Å². The van der Waals surface area contributed by atoms with Crippen molar-refractivity contribution in [1.82, 2.24) is 15.0 Å². The predicted octanol–water partition coefficient (Wildman–Crippen LogP) is 2.14. The van der Waals surface area contributed by atoms with Crippen molar-refractivity contribution in [3.05, 3.63) is 22.4 Å². The van der Waals surface area contributed by atoms with Crippen molar-refractivity contribution < 1.29 is 0 Å². The van der Waals surface area contributed by atoms with Gasteiger partial charge in [-0.25, -0.2) is 0 Å². The van der Waals surface area contributed by atoms with Gasteiger partial charge in [-0.3, -0.25) is 0 Å². The average molecular weight is 304 g/mol. The van der Waals surface area contributed by atoms with Gasteiger partial charge in [0.15, 0.2) is 0 Å². The summed E-state index contributed by atoms with van der Waals surface area (Å²) in [5, 5.41) is 2.08. The number of hydrogen-bond donors (Lipinski definition) is 1. The second kappa shape index (κ2) is 6.26. The van der Waals surface area contributed by atoms with Gasteiger partial charge in [0.1, 0.15) is 0 Å². The quantitative estimate of drug-likeness (QED) is 0.912. The van der Waals surface area contributed by atoms with Crippen LogP contribution in [0.2, 0.25) is 0 Å². The lowest BCUT2D eigenvalue weighted by atomic mass is 10.4. The van der Waals surface area contributed by atoms with Gasteiger partial charge >= 0.3 is 0 Å². The normalized spacial score (nSPS) is 14.6. The maximum absolute atomic E-state index is 5.88. The standard InChI is InChI=1S/C14H20N6S/c1-2-19(10-11-6-5-9-21-11)13-16-12(15)17-14(18-13)20-7-3-4-8-20/h5-6,9H,2-4,7-8,10H2,1H3,(H2,15,16,17,18). The molecule has 21 heavy (non-hydrogen) atoms. The first-order valence-corrected chi connectivity index (χ1v) is 8.18. The number of nitrogen functional groups attached to an aromatic ring is 1. The van der Waals surface area contributed by atoms with Crippen LogP contribution in [0.15, 0.2) is 17.5 Å². The monoisotopic (exact) mass is 304 g/mol. The van der Waals surface area contributed by atoms with Gasteiger partial charge in [0, 0.05) is 24.5 Å². The number of hydrogen-bond acceptors (Lipinski definition) is 7. The number of anilines is 3. The number of nitrogens with zero attached hydrogens (tertiary/aromatic N) is 5. The minimum Gasteiger partial charge on any atom is -0.368 e. The van der Waals surface area contributed by atoms with Crippen molar-refractivity contribution in [2.24, 2.45) is 0 Å². The first kappa shape index (κ1) is 14.1. The van der Waals surface area contributed by atoms with Crippen LogP contribution >= 0.6 is 11.3 Å². The fourth-order valence-electron chi connectivity index (χ4n) is 2.48. The van der Waals surface area contributed by atoms with Crippen molar-refractivity contribution in [2.75, 3.05) is 35.2 Å². The van der Waals surface area contributed by atoms with E-state index in [1.165, 1.54) is 17.7 Å². The van der Waals surface area contributed by atoms with E-state index in [2.05, 4.69) is 49.2 Å². The lowest BCUT2D eigenvalue weighted by Crippen LogP contribution is -2.27. The van der Waals surface area contributed by atoms with E-state index in [4.69, 9.17) is 5.73 Å². The fraction of sp³-hybridized carbons (Fsp3) is 0.500. The minimum atomic E-state index is 0.298. The summed E-state index contributed by atoms with van der Waals surface area (Å²) < 4.78 is 0. The molecule has 2 N–H and O–H groups in total. The summed E-state index contributed by atoms with van der Waals surface area (Å²) in [5.74, 6) is 1.67. The molecule has 0 amide bonds. The summed E-state index contributed by atoms with van der Waals surface area (Å²) in [6, 6.07) is 4.19. The first-order chi connectivity index (χ1) is 10.3. The molecule has 0 aliphatic carbocycles. The van der Waals surface area contributed by atoms with Crippen LogP contribution in [0.3, 0.4) is 0 Å². The minimum absolute atomic E-state index is 0.298. The zero-order valence-electron chi connectivity index (χ0n) is 12.2. The largest absolute Gasteiger partial charge is 0.368 e. The molecule has 0 spiro atoms. The third-order valence-electron chi connectivity index (χ3n) is 3.61. The Labute approximate surface area is 128 Å². The molecule has 2 aromatic heterocycles. The summed E-state index contributed by atoms with van der Waals surface area (Å²) in [7, 11) is 0. The molecule has 2 aromatic rings. The molecule has 1 saturated heterocycles. The summed E-state index contributed by atoms with van der Waals surface area (Å²) in [4.78, 5) is 18.8. The molecule has 6 nitrogen and oxygen atoms in total. The van der Waals surface area contributed by atoms with Gasteiger partial charge in [0.2, 0.25) is 17.8 Å². The van der Waals surface area contributed by atoms with Crippen LogP contribution in [0.1, 0.15) is 24.6 Å². The second-order valence-electron chi connectivity index (χ2n) is 5.08. The summed E-state index contributed by atoms with van der Waals surface area (Å²) in [6.45, 7) is 5.74. The number of thiophene rings is 1. The third kappa shape index (κ3) is 3.24. The van der Waals surface area contributed by atoms with Gasteiger partial charge < -0.3 is 15.5 Å². The lowest BCUT2D eigenvalue weighted by molar-refractivity contribution is 0.783.